The third-order valence-corrected chi connectivity index (χ3v) is 3.73. The van der Waals surface area contributed by atoms with Crippen molar-refractivity contribution >= 4 is 29.2 Å². The standard InChI is InChI=1S/C21H24N2O4/c1-4-12-27-21(26)15-8-10-17(11-9-15)22-20(25)16-6-5-7-18(13-16)23-19(24)14(2)3/h5-11,13-14H,4,12H2,1-3H3,(H,22,25)(H,23,24). The molecule has 0 aliphatic rings. The smallest absolute Gasteiger partial charge is 0.338 e. The summed E-state index contributed by atoms with van der Waals surface area (Å²) in [6.45, 7) is 5.90. The van der Waals surface area contributed by atoms with Crippen LogP contribution >= 0.6 is 0 Å². The molecule has 0 radical (unpaired) electrons. The Morgan fingerprint density at radius 1 is 0.926 bits per heavy atom. The molecule has 0 aromatic heterocycles. The quantitative estimate of drug-likeness (QED) is 0.721. The fourth-order valence-electron chi connectivity index (χ4n) is 2.20. The highest BCUT2D eigenvalue weighted by molar-refractivity contribution is 6.05. The van der Waals surface area contributed by atoms with Crippen LogP contribution in [0.2, 0.25) is 0 Å². The van der Waals surface area contributed by atoms with Crippen LogP contribution in [0.3, 0.4) is 0 Å². The van der Waals surface area contributed by atoms with Gasteiger partial charge in [0, 0.05) is 22.9 Å². The van der Waals surface area contributed by atoms with Crippen molar-refractivity contribution in [3.8, 4) is 0 Å². The first-order chi connectivity index (χ1) is 12.9. The molecule has 0 aliphatic heterocycles. The summed E-state index contributed by atoms with van der Waals surface area (Å²) >= 11 is 0. The second-order valence-electron chi connectivity index (χ2n) is 6.39. The molecule has 0 fully saturated rings. The Morgan fingerprint density at radius 2 is 1.63 bits per heavy atom. The van der Waals surface area contributed by atoms with Crippen molar-refractivity contribution in [3.63, 3.8) is 0 Å². The number of rotatable bonds is 7. The third-order valence-electron chi connectivity index (χ3n) is 3.73. The van der Waals surface area contributed by atoms with Crippen LogP contribution in [-0.4, -0.2) is 24.4 Å². The maximum Gasteiger partial charge on any atom is 0.338 e. The lowest BCUT2D eigenvalue weighted by Crippen LogP contribution is -2.18. The van der Waals surface area contributed by atoms with E-state index in [9.17, 15) is 14.4 Å². The van der Waals surface area contributed by atoms with Crippen molar-refractivity contribution in [1.82, 2.24) is 0 Å². The van der Waals surface area contributed by atoms with Crippen LogP contribution in [0.25, 0.3) is 0 Å². The number of amides is 2. The molecule has 0 bridgehead atoms. The highest BCUT2D eigenvalue weighted by atomic mass is 16.5. The minimum atomic E-state index is -0.386. The summed E-state index contributed by atoms with van der Waals surface area (Å²) in [5.74, 6) is -0.955. The molecule has 6 nitrogen and oxygen atoms in total. The van der Waals surface area contributed by atoms with Gasteiger partial charge in [0.2, 0.25) is 5.91 Å². The molecule has 0 saturated carbocycles. The van der Waals surface area contributed by atoms with Gasteiger partial charge in [-0.05, 0) is 48.9 Å². The number of hydrogen-bond donors (Lipinski definition) is 2. The zero-order chi connectivity index (χ0) is 19.8. The van der Waals surface area contributed by atoms with E-state index in [1.807, 2.05) is 6.92 Å². The maximum absolute atomic E-state index is 12.4. The Kier molecular flexibility index (Phi) is 7.11. The number of benzene rings is 2. The Bertz CT molecular complexity index is 813. The van der Waals surface area contributed by atoms with E-state index in [1.54, 1.807) is 62.4 Å². The summed E-state index contributed by atoms with van der Waals surface area (Å²) in [6, 6.07) is 13.2. The van der Waals surface area contributed by atoms with Crippen molar-refractivity contribution < 1.29 is 19.1 Å². The topological polar surface area (TPSA) is 84.5 Å². The fraction of sp³-hybridized carbons (Fsp3) is 0.286. The Morgan fingerprint density at radius 3 is 2.26 bits per heavy atom. The summed E-state index contributed by atoms with van der Waals surface area (Å²) in [6.07, 6.45) is 0.760. The molecule has 0 aliphatic carbocycles. The second kappa shape index (κ2) is 9.52. The number of carbonyl (C=O) groups is 3. The Balaban J connectivity index is 2.02. The van der Waals surface area contributed by atoms with Gasteiger partial charge in [0.25, 0.3) is 5.91 Å². The van der Waals surface area contributed by atoms with Crippen molar-refractivity contribution in [2.75, 3.05) is 17.2 Å². The average molecular weight is 368 g/mol. The van der Waals surface area contributed by atoms with E-state index in [1.165, 1.54) is 0 Å². The van der Waals surface area contributed by atoms with Crippen LogP contribution in [0.15, 0.2) is 48.5 Å². The number of ether oxygens (including phenoxy) is 1. The van der Waals surface area contributed by atoms with Crippen LogP contribution in [0.4, 0.5) is 11.4 Å². The molecule has 2 N–H and O–H groups in total. The van der Waals surface area contributed by atoms with Gasteiger partial charge in [-0.3, -0.25) is 9.59 Å². The number of esters is 1. The minimum Gasteiger partial charge on any atom is -0.462 e. The van der Waals surface area contributed by atoms with Crippen LogP contribution in [0.5, 0.6) is 0 Å². The molecule has 0 spiro atoms. The van der Waals surface area contributed by atoms with Crippen molar-refractivity contribution in [1.29, 1.82) is 0 Å². The number of anilines is 2. The van der Waals surface area contributed by atoms with Gasteiger partial charge >= 0.3 is 5.97 Å². The predicted molar refractivity (Wildman–Crippen MR) is 105 cm³/mol. The van der Waals surface area contributed by atoms with E-state index in [-0.39, 0.29) is 23.7 Å². The molecule has 6 heteroatoms. The normalized spacial score (nSPS) is 10.4. The average Bonchev–Trinajstić information content (AvgIpc) is 2.66. The first kappa shape index (κ1) is 20.2. The molecule has 2 amide bonds. The van der Waals surface area contributed by atoms with Crippen molar-refractivity contribution in [2.24, 2.45) is 5.92 Å². The van der Waals surface area contributed by atoms with Gasteiger partial charge in [0.15, 0.2) is 0 Å². The minimum absolute atomic E-state index is 0.113. The highest BCUT2D eigenvalue weighted by Crippen LogP contribution is 2.15. The summed E-state index contributed by atoms with van der Waals surface area (Å²) in [4.78, 5) is 36.0. The van der Waals surface area contributed by atoms with Crippen LogP contribution in [0.1, 0.15) is 47.9 Å². The summed E-state index contributed by atoms with van der Waals surface area (Å²) in [5, 5.41) is 5.53. The molecule has 2 rings (SSSR count). The lowest BCUT2D eigenvalue weighted by atomic mass is 10.1. The molecule has 0 heterocycles. The number of carbonyl (C=O) groups excluding carboxylic acids is 3. The lowest BCUT2D eigenvalue weighted by molar-refractivity contribution is -0.118. The van der Waals surface area contributed by atoms with Gasteiger partial charge in [-0.15, -0.1) is 0 Å². The van der Waals surface area contributed by atoms with Gasteiger partial charge in [-0.1, -0.05) is 26.8 Å². The van der Waals surface area contributed by atoms with Gasteiger partial charge in [0.05, 0.1) is 12.2 Å². The molecule has 2 aromatic carbocycles. The largest absolute Gasteiger partial charge is 0.462 e. The summed E-state index contributed by atoms with van der Waals surface area (Å²) < 4.78 is 5.07. The van der Waals surface area contributed by atoms with Crippen LogP contribution in [0, 0.1) is 5.92 Å². The van der Waals surface area contributed by atoms with E-state index in [4.69, 9.17) is 4.74 Å². The zero-order valence-corrected chi connectivity index (χ0v) is 15.7. The second-order valence-corrected chi connectivity index (χ2v) is 6.39. The van der Waals surface area contributed by atoms with E-state index in [0.29, 0.717) is 29.1 Å². The number of nitrogens with one attached hydrogen (secondary N) is 2. The maximum atomic E-state index is 12.4. The van der Waals surface area contributed by atoms with Gasteiger partial charge < -0.3 is 15.4 Å². The Hall–Kier alpha value is -3.15. The molecular formula is C21H24N2O4. The molecule has 0 unspecified atom stereocenters. The van der Waals surface area contributed by atoms with Crippen molar-refractivity contribution in [3.05, 3.63) is 59.7 Å². The van der Waals surface area contributed by atoms with Gasteiger partial charge in [-0.25, -0.2) is 4.79 Å². The van der Waals surface area contributed by atoms with Gasteiger partial charge in [-0.2, -0.15) is 0 Å². The molecule has 2 aromatic rings. The third kappa shape index (κ3) is 5.95. The van der Waals surface area contributed by atoms with Gasteiger partial charge in [0.1, 0.15) is 0 Å². The van der Waals surface area contributed by atoms with E-state index < -0.39 is 0 Å². The molecule has 142 valence electrons. The molecule has 27 heavy (non-hydrogen) atoms. The van der Waals surface area contributed by atoms with Crippen molar-refractivity contribution in [2.45, 2.75) is 27.2 Å². The Labute approximate surface area is 158 Å². The zero-order valence-electron chi connectivity index (χ0n) is 15.7. The first-order valence-corrected chi connectivity index (χ1v) is 8.90. The lowest BCUT2D eigenvalue weighted by Gasteiger charge is -2.10. The molecule has 0 atom stereocenters. The molecule has 0 saturated heterocycles. The first-order valence-electron chi connectivity index (χ1n) is 8.90. The predicted octanol–water partition coefficient (Wildman–Crippen LogP) is 4.10. The van der Waals surface area contributed by atoms with Crippen LogP contribution in [-0.2, 0) is 9.53 Å². The fourth-order valence-corrected chi connectivity index (χ4v) is 2.20. The molecular weight excluding hydrogens is 344 g/mol. The van der Waals surface area contributed by atoms with E-state index in [0.717, 1.165) is 6.42 Å². The summed E-state index contributed by atoms with van der Waals surface area (Å²) in [7, 11) is 0. The SMILES string of the molecule is CCCOC(=O)c1ccc(NC(=O)c2cccc(NC(=O)C(C)C)c2)cc1. The number of hydrogen-bond acceptors (Lipinski definition) is 4. The monoisotopic (exact) mass is 368 g/mol. The van der Waals surface area contributed by atoms with Crippen LogP contribution < -0.4 is 10.6 Å². The van der Waals surface area contributed by atoms with E-state index >= 15 is 0 Å². The summed E-state index contributed by atoms with van der Waals surface area (Å²) in [5.41, 5.74) is 1.97. The highest BCUT2D eigenvalue weighted by Gasteiger charge is 2.11. The van der Waals surface area contributed by atoms with E-state index in [2.05, 4.69) is 10.6 Å².